The van der Waals surface area contributed by atoms with Gasteiger partial charge in [-0.05, 0) is 25.1 Å². The van der Waals surface area contributed by atoms with Gasteiger partial charge in [0.2, 0.25) is 0 Å². The first-order valence-electron chi connectivity index (χ1n) is 5.87. The van der Waals surface area contributed by atoms with Gasteiger partial charge in [0.1, 0.15) is 5.82 Å². The van der Waals surface area contributed by atoms with Crippen LogP contribution in [0.3, 0.4) is 0 Å². The van der Waals surface area contributed by atoms with Gasteiger partial charge in [0, 0.05) is 12.6 Å². The maximum absolute atomic E-state index is 13.3. The summed E-state index contributed by atoms with van der Waals surface area (Å²) in [5.41, 5.74) is 5.88. The van der Waals surface area contributed by atoms with Crippen LogP contribution < -0.4 is 5.73 Å². The normalized spacial score (nSPS) is 11.4. The molecule has 0 saturated carbocycles. The summed E-state index contributed by atoms with van der Waals surface area (Å²) >= 11 is 0. The van der Waals surface area contributed by atoms with Crippen LogP contribution in [0.5, 0.6) is 0 Å². The van der Waals surface area contributed by atoms with E-state index in [9.17, 15) is 9.18 Å². The highest BCUT2D eigenvalue weighted by molar-refractivity contribution is 5.96. The Bertz CT molecular complexity index is 520. The Balaban J connectivity index is 3.17. The Labute approximate surface area is 112 Å². The van der Waals surface area contributed by atoms with E-state index >= 15 is 0 Å². The number of hydrogen-bond donors (Lipinski definition) is 2. The molecule has 0 aromatic heterocycles. The lowest BCUT2D eigenvalue weighted by Gasteiger charge is -2.23. The SMILES string of the molecule is CC(CO)N(C)C(=O)c1cc(F)ccc1C#CCN. The standard InChI is InChI=1S/C14H17FN2O2/c1-10(9-18)17(2)14(19)13-8-12(15)6-5-11(13)4-3-7-16/h5-6,8,10,18H,7,9,16H2,1-2H3. The second-order valence-corrected chi connectivity index (χ2v) is 4.14. The van der Waals surface area contributed by atoms with Gasteiger partial charge in [0.05, 0.1) is 24.8 Å². The fraction of sp³-hybridized carbons (Fsp3) is 0.357. The lowest BCUT2D eigenvalue weighted by molar-refractivity contribution is 0.0681. The molecule has 0 heterocycles. The quantitative estimate of drug-likeness (QED) is 0.785. The monoisotopic (exact) mass is 264 g/mol. The predicted molar refractivity (Wildman–Crippen MR) is 71.0 cm³/mol. The van der Waals surface area contributed by atoms with Gasteiger partial charge in [-0.1, -0.05) is 11.8 Å². The highest BCUT2D eigenvalue weighted by Gasteiger charge is 2.19. The molecule has 0 fully saturated rings. The summed E-state index contributed by atoms with van der Waals surface area (Å²) in [6, 6.07) is 3.48. The molecule has 0 bridgehead atoms. The first kappa shape index (κ1) is 15.2. The van der Waals surface area contributed by atoms with Crippen molar-refractivity contribution in [2.75, 3.05) is 20.2 Å². The van der Waals surface area contributed by atoms with E-state index in [0.717, 1.165) is 6.07 Å². The molecule has 0 aliphatic rings. The van der Waals surface area contributed by atoms with Crippen molar-refractivity contribution in [2.24, 2.45) is 5.73 Å². The Morgan fingerprint density at radius 3 is 2.84 bits per heavy atom. The predicted octanol–water partition coefficient (Wildman–Crippen LogP) is 0.589. The van der Waals surface area contributed by atoms with Crippen LogP contribution >= 0.6 is 0 Å². The maximum atomic E-state index is 13.3. The third-order valence-corrected chi connectivity index (χ3v) is 2.78. The van der Waals surface area contributed by atoms with Crippen LogP contribution in [0.1, 0.15) is 22.8 Å². The fourth-order valence-electron chi connectivity index (χ4n) is 1.46. The number of likely N-dealkylation sites (N-methyl/N-ethyl adjacent to an activating group) is 1. The molecule has 19 heavy (non-hydrogen) atoms. The Morgan fingerprint density at radius 1 is 1.58 bits per heavy atom. The summed E-state index contributed by atoms with van der Waals surface area (Å²) in [4.78, 5) is 13.6. The summed E-state index contributed by atoms with van der Waals surface area (Å²) in [5.74, 6) is 4.48. The van der Waals surface area contributed by atoms with Crippen molar-refractivity contribution in [1.82, 2.24) is 4.90 Å². The largest absolute Gasteiger partial charge is 0.394 e. The van der Waals surface area contributed by atoms with E-state index in [1.54, 1.807) is 14.0 Å². The van der Waals surface area contributed by atoms with Crippen molar-refractivity contribution in [3.63, 3.8) is 0 Å². The van der Waals surface area contributed by atoms with Crippen molar-refractivity contribution in [1.29, 1.82) is 0 Å². The number of amides is 1. The summed E-state index contributed by atoms with van der Waals surface area (Å²) in [7, 11) is 1.55. The highest BCUT2D eigenvalue weighted by Crippen LogP contribution is 2.14. The summed E-state index contributed by atoms with van der Waals surface area (Å²) in [6.45, 7) is 1.69. The number of halogens is 1. The topological polar surface area (TPSA) is 66.6 Å². The minimum atomic E-state index is -0.508. The van der Waals surface area contributed by atoms with E-state index in [2.05, 4.69) is 11.8 Å². The average Bonchev–Trinajstić information content (AvgIpc) is 2.43. The summed E-state index contributed by atoms with van der Waals surface area (Å²) in [5, 5.41) is 9.05. The highest BCUT2D eigenvalue weighted by atomic mass is 19.1. The summed E-state index contributed by atoms with van der Waals surface area (Å²) in [6.07, 6.45) is 0. The minimum Gasteiger partial charge on any atom is -0.394 e. The Morgan fingerprint density at radius 2 is 2.26 bits per heavy atom. The molecular formula is C14H17FN2O2. The maximum Gasteiger partial charge on any atom is 0.255 e. The second kappa shape index (κ2) is 6.88. The van der Waals surface area contributed by atoms with Crippen molar-refractivity contribution in [3.8, 4) is 11.8 Å². The third kappa shape index (κ3) is 3.78. The molecule has 3 N–H and O–H groups in total. The van der Waals surface area contributed by atoms with Gasteiger partial charge >= 0.3 is 0 Å². The molecule has 1 rings (SSSR count). The summed E-state index contributed by atoms with van der Waals surface area (Å²) < 4.78 is 13.3. The number of nitrogens with two attached hydrogens (primary N) is 1. The molecule has 0 radical (unpaired) electrons. The number of rotatable bonds is 3. The van der Waals surface area contributed by atoms with Gasteiger partial charge in [-0.15, -0.1) is 0 Å². The van der Waals surface area contributed by atoms with Crippen molar-refractivity contribution >= 4 is 5.91 Å². The van der Waals surface area contributed by atoms with Crippen LogP contribution in [0.15, 0.2) is 18.2 Å². The molecule has 1 aromatic carbocycles. The zero-order chi connectivity index (χ0) is 14.4. The lowest BCUT2D eigenvalue weighted by atomic mass is 10.1. The van der Waals surface area contributed by atoms with Crippen LogP contribution in [0.4, 0.5) is 4.39 Å². The zero-order valence-electron chi connectivity index (χ0n) is 11.0. The van der Waals surface area contributed by atoms with Gasteiger partial charge in [-0.2, -0.15) is 0 Å². The number of benzene rings is 1. The van der Waals surface area contributed by atoms with E-state index in [-0.39, 0.29) is 30.7 Å². The third-order valence-electron chi connectivity index (χ3n) is 2.78. The molecule has 1 aromatic rings. The molecule has 102 valence electrons. The van der Waals surface area contributed by atoms with Crippen LogP contribution in [0.2, 0.25) is 0 Å². The smallest absolute Gasteiger partial charge is 0.255 e. The van der Waals surface area contributed by atoms with Crippen molar-refractivity contribution in [2.45, 2.75) is 13.0 Å². The number of aliphatic hydroxyl groups excluding tert-OH is 1. The number of carbonyl (C=O) groups excluding carboxylic acids is 1. The number of hydrogen-bond acceptors (Lipinski definition) is 3. The molecule has 1 unspecified atom stereocenters. The van der Waals surface area contributed by atoms with Gasteiger partial charge in [-0.25, -0.2) is 4.39 Å². The van der Waals surface area contributed by atoms with E-state index < -0.39 is 5.82 Å². The number of nitrogens with zero attached hydrogens (tertiary/aromatic N) is 1. The molecule has 5 heteroatoms. The molecular weight excluding hydrogens is 247 g/mol. The zero-order valence-corrected chi connectivity index (χ0v) is 11.0. The van der Waals surface area contributed by atoms with Crippen LogP contribution in [0, 0.1) is 17.7 Å². The van der Waals surface area contributed by atoms with Crippen LogP contribution in [0.25, 0.3) is 0 Å². The van der Waals surface area contributed by atoms with Gasteiger partial charge in [0.15, 0.2) is 0 Å². The molecule has 0 aliphatic carbocycles. The van der Waals surface area contributed by atoms with Crippen LogP contribution in [-0.2, 0) is 0 Å². The van der Waals surface area contributed by atoms with Gasteiger partial charge in [-0.3, -0.25) is 4.79 Å². The van der Waals surface area contributed by atoms with Crippen molar-refractivity contribution in [3.05, 3.63) is 35.1 Å². The molecule has 0 saturated heterocycles. The first-order chi connectivity index (χ1) is 9.01. The molecule has 0 aliphatic heterocycles. The second-order valence-electron chi connectivity index (χ2n) is 4.14. The molecule has 1 amide bonds. The van der Waals surface area contributed by atoms with E-state index in [1.807, 2.05) is 0 Å². The molecule has 0 spiro atoms. The first-order valence-corrected chi connectivity index (χ1v) is 5.87. The fourth-order valence-corrected chi connectivity index (χ4v) is 1.46. The van der Waals surface area contributed by atoms with Gasteiger partial charge in [0.25, 0.3) is 5.91 Å². The Hall–Kier alpha value is -1.90. The average molecular weight is 264 g/mol. The van der Waals surface area contributed by atoms with Crippen LogP contribution in [-0.4, -0.2) is 42.2 Å². The minimum absolute atomic E-state index is 0.161. The Kier molecular flexibility index (Phi) is 5.49. The number of aliphatic hydroxyl groups is 1. The van der Waals surface area contributed by atoms with E-state index in [4.69, 9.17) is 10.8 Å². The van der Waals surface area contributed by atoms with E-state index in [0.29, 0.717) is 5.56 Å². The molecule has 1 atom stereocenters. The number of carbonyl (C=O) groups is 1. The molecule has 4 nitrogen and oxygen atoms in total. The van der Waals surface area contributed by atoms with E-state index in [1.165, 1.54) is 17.0 Å². The van der Waals surface area contributed by atoms with Gasteiger partial charge < -0.3 is 15.7 Å². The van der Waals surface area contributed by atoms with Crippen molar-refractivity contribution < 1.29 is 14.3 Å². The lowest BCUT2D eigenvalue weighted by Crippen LogP contribution is -2.37.